The molecule has 29 heavy (non-hydrogen) atoms. The van der Waals surface area contributed by atoms with Gasteiger partial charge in [0.1, 0.15) is 17.4 Å². The molecule has 0 heterocycles. The smallest absolute Gasteiger partial charge is 0.314 e. The van der Waals surface area contributed by atoms with Gasteiger partial charge in [-0.15, -0.1) is 0 Å². The van der Waals surface area contributed by atoms with Crippen LogP contribution in [0.3, 0.4) is 0 Å². The minimum absolute atomic E-state index is 0.0360. The molecule has 0 aromatic heterocycles. The van der Waals surface area contributed by atoms with Crippen LogP contribution in [0.4, 0.5) is 5.69 Å². The van der Waals surface area contributed by atoms with E-state index < -0.39 is 5.91 Å². The van der Waals surface area contributed by atoms with E-state index in [0.717, 1.165) is 12.8 Å². The summed E-state index contributed by atoms with van der Waals surface area (Å²) in [6, 6.07) is 13.5. The lowest BCUT2D eigenvalue weighted by Gasteiger charge is -2.10. The Kier molecular flexibility index (Phi) is 6.15. The predicted octanol–water partition coefficient (Wildman–Crippen LogP) is 3.56. The highest BCUT2D eigenvalue weighted by atomic mass is 16.6. The highest BCUT2D eigenvalue weighted by molar-refractivity contribution is 6.09. The van der Waals surface area contributed by atoms with Crippen molar-refractivity contribution in [2.75, 3.05) is 19.5 Å². The number of esters is 1. The van der Waals surface area contributed by atoms with E-state index in [1.165, 1.54) is 13.2 Å². The van der Waals surface area contributed by atoms with Gasteiger partial charge < -0.3 is 19.5 Å². The molecule has 1 amide bonds. The fourth-order valence-electron chi connectivity index (χ4n) is 2.56. The number of anilines is 1. The Hall–Kier alpha value is -3.79. The van der Waals surface area contributed by atoms with Crippen molar-refractivity contribution >= 4 is 23.6 Å². The first-order valence-corrected chi connectivity index (χ1v) is 9.01. The second-order valence-electron chi connectivity index (χ2n) is 6.46. The number of hydrogen-bond donors (Lipinski definition) is 1. The number of carbonyl (C=O) groups excluding carboxylic acids is 2. The average Bonchev–Trinajstić information content (AvgIpc) is 3.58. The molecule has 7 nitrogen and oxygen atoms in total. The van der Waals surface area contributed by atoms with Crippen molar-refractivity contribution in [3.63, 3.8) is 0 Å². The molecule has 2 aromatic carbocycles. The minimum Gasteiger partial charge on any atom is -0.497 e. The molecule has 1 saturated carbocycles. The predicted molar refractivity (Wildman–Crippen MR) is 107 cm³/mol. The second-order valence-corrected chi connectivity index (χ2v) is 6.46. The maximum atomic E-state index is 12.4. The van der Waals surface area contributed by atoms with E-state index in [2.05, 4.69) is 5.32 Å². The van der Waals surface area contributed by atoms with Crippen molar-refractivity contribution in [2.45, 2.75) is 12.8 Å². The molecular formula is C22H20N2O5. The molecule has 1 aliphatic rings. The summed E-state index contributed by atoms with van der Waals surface area (Å²) in [5, 5.41) is 12.1. The van der Waals surface area contributed by atoms with E-state index in [1.54, 1.807) is 49.6 Å². The Balaban J connectivity index is 1.75. The number of carbonyl (C=O) groups is 2. The number of ether oxygens (including phenoxy) is 3. The number of nitrogens with zero attached hydrogens (tertiary/aromatic N) is 1. The Labute approximate surface area is 168 Å². The monoisotopic (exact) mass is 392 g/mol. The van der Waals surface area contributed by atoms with Crippen LogP contribution in [0.5, 0.6) is 17.2 Å². The molecule has 1 fully saturated rings. The van der Waals surface area contributed by atoms with Crippen LogP contribution in [-0.2, 0) is 9.59 Å². The molecule has 148 valence electrons. The zero-order valence-electron chi connectivity index (χ0n) is 16.1. The van der Waals surface area contributed by atoms with Gasteiger partial charge in [-0.05, 0) is 60.9 Å². The van der Waals surface area contributed by atoms with Gasteiger partial charge in [0.25, 0.3) is 5.91 Å². The lowest BCUT2D eigenvalue weighted by atomic mass is 10.1. The van der Waals surface area contributed by atoms with Gasteiger partial charge >= 0.3 is 5.97 Å². The number of nitriles is 1. The lowest BCUT2D eigenvalue weighted by Crippen LogP contribution is -2.13. The maximum absolute atomic E-state index is 12.4. The largest absolute Gasteiger partial charge is 0.497 e. The van der Waals surface area contributed by atoms with Crippen LogP contribution in [0.25, 0.3) is 6.08 Å². The standard InChI is InChI=1S/C22H20N2O5/c1-27-18-8-6-17(7-9-18)24-21(25)16(13-23)11-14-3-10-19(20(12-14)28-2)29-22(26)15-4-5-15/h3,6-12,15H,4-5H2,1-2H3,(H,24,25)/b16-11+. The van der Waals surface area contributed by atoms with Gasteiger partial charge in [-0.1, -0.05) is 6.07 Å². The SMILES string of the molecule is COc1ccc(NC(=O)/C(C#N)=C/c2ccc(OC(=O)C3CC3)c(OC)c2)cc1. The highest BCUT2D eigenvalue weighted by Crippen LogP contribution is 2.34. The molecule has 0 unspecified atom stereocenters. The zero-order chi connectivity index (χ0) is 20.8. The second kappa shape index (κ2) is 8.93. The number of nitrogens with one attached hydrogen (secondary N) is 1. The van der Waals surface area contributed by atoms with E-state index in [0.29, 0.717) is 28.5 Å². The number of hydrogen-bond acceptors (Lipinski definition) is 6. The van der Waals surface area contributed by atoms with Gasteiger partial charge in [0.05, 0.1) is 20.1 Å². The van der Waals surface area contributed by atoms with Gasteiger partial charge in [0.2, 0.25) is 0 Å². The van der Waals surface area contributed by atoms with E-state index in [9.17, 15) is 14.9 Å². The van der Waals surface area contributed by atoms with E-state index >= 15 is 0 Å². The van der Waals surface area contributed by atoms with Crippen LogP contribution in [0, 0.1) is 17.2 Å². The van der Waals surface area contributed by atoms with Crippen LogP contribution in [0.15, 0.2) is 48.0 Å². The van der Waals surface area contributed by atoms with Crippen LogP contribution < -0.4 is 19.5 Å². The van der Waals surface area contributed by atoms with Crippen molar-refractivity contribution in [2.24, 2.45) is 5.92 Å². The minimum atomic E-state index is -0.541. The van der Waals surface area contributed by atoms with E-state index in [-0.39, 0.29) is 17.5 Å². The van der Waals surface area contributed by atoms with Gasteiger partial charge in [0, 0.05) is 5.69 Å². The molecule has 1 aliphatic carbocycles. The average molecular weight is 392 g/mol. The normalized spacial score (nSPS) is 13.2. The summed E-state index contributed by atoms with van der Waals surface area (Å²) in [5.74, 6) is 0.465. The summed E-state index contributed by atoms with van der Waals surface area (Å²) < 4.78 is 15.7. The van der Waals surface area contributed by atoms with Crippen LogP contribution >= 0.6 is 0 Å². The lowest BCUT2D eigenvalue weighted by molar-refractivity contribution is -0.135. The molecule has 0 atom stereocenters. The molecule has 0 bridgehead atoms. The first-order valence-electron chi connectivity index (χ1n) is 9.01. The van der Waals surface area contributed by atoms with Crippen molar-refractivity contribution in [3.8, 4) is 23.3 Å². The Morgan fingerprint density at radius 1 is 1.07 bits per heavy atom. The van der Waals surface area contributed by atoms with Crippen LogP contribution in [-0.4, -0.2) is 26.1 Å². The molecule has 3 rings (SSSR count). The van der Waals surface area contributed by atoms with Crippen molar-refractivity contribution in [1.29, 1.82) is 5.26 Å². The van der Waals surface area contributed by atoms with Gasteiger partial charge in [-0.3, -0.25) is 9.59 Å². The third kappa shape index (κ3) is 5.14. The Bertz CT molecular complexity index is 985. The van der Waals surface area contributed by atoms with Crippen LogP contribution in [0.2, 0.25) is 0 Å². The summed E-state index contributed by atoms with van der Waals surface area (Å²) in [4.78, 5) is 24.3. The molecule has 1 N–H and O–H groups in total. The van der Waals surface area contributed by atoms with Crippen molar-refractivity contribution in [1.82, 2.24) is 0 Å². The Morgan fingerprint density at radius 3 is 2.38 bits per heavy atom. The fourth-order valence-corrected chi connectivity index (χ4v) is 2.56. The number of methoxy groups -OCH3 is 2. The summed E-state index contributed by atoms with van der Waals surface area (Å²) in [5.41, 5.74) is 1.02. The zero-order valence-corrected chi connectivity index (χ0v) is 16.1. The topological polar surface area (TPSA) is 97.6 Å². The number of amides is 1. The molecule has 0 aliphatic heterocycles. The van der Waals surface area contributed by atoms with Crippen LogP contribution in [0.1, 0.15) is 18.4 Å². The number of benzene rings is 2. The summed E-state index contributed by atoms with van der Waals surface area (Å²) in [6.45, 7) is 0. The number of rotatable bonds is 7. The first kappa shape index (κ1) is 20.0. The summed E-state index contributed by atoms with van der Waals surface area (Å²) in [6.07, 6.45) is 3.13. The Morgan fingerprint density at radius 2 is 1.79 bits per heavy atom. The van der Waals surface area contributed by atoms with E-state index in [4.69, 9.17) is 14.2 Å². The van der Waals surface area contributed by atoms with Gasteiger partial charge in [-0.2, -0.15) is 5.26 Å². The third-order valence-corrected chi connectivity index (χ3v) is 4.33. The third-order valence-electron chi connectivity index (χ3n) is 4.33. The molecule has 0 spiro atoms. The van der Waals surface area contributed by atoms with Gasteiger partial charge in [-0.25, -0.2) is 0 Å². The fraction of sp³-hybridized carbons (Fsp3) is 0.227. The van der Waals surface area contributed by atoms with Crippen molar-refractivity contribution in [3.05, 3.63) is 53.6 Å². The summed E-state index contributed by atoms with van der Waals surface area (Å²) >= 11 is 0. The molecule has 2 aromatic rings. The van der Waals surface area contributed by atoms with Crippen molar-refractivity contribution < 1.29 is 23.8 Å². The molecular weight excluding hydrogens is 372 g/mol. The van der Waals surface area contributed by atoms with Gasteiger partial charge in [0.15, 0.2) is 11.5 Å². The summed E-state index contributed by atoms with van der Waals surface area (Å²) in [7, 11) is 3.01. The molecule has 0 saturated heterocycles. The molecule has 7 heteroatoms. The maximum Gasteiger partial charge on any atom is 0.314 e. The first-order chi connectivity index (χ1) is 14.0. The highest BCUT2D eigenvalue weighted by Gasteiger charge is 2.32. The van der Waals surface area contributed by atoms with E-state index in [1.807, 2.05) is 6.07 Å². The molecule has 0 radical (unpaired) electrons. The quantitative estimate of drug-likeness (QED) is 0.335.